The number of hydrogen-bond donors (Lipinski definition) is 0. The van der Waals surface area contributed by atoms with Crippen LogP contribution in [0.15, 0.2) is 104 Å². The minimum atomic E-state index is -1.80. The molecule has 0 radical (unpaired) electrons. The smallest absolute Gasteiger partial charge is 0.268 e. The average molecular weight is 995 g/mol. The molecular formula is C54H59N5OPt-2. The summed E-state index contributed by atoms with van der Waals surface area (Å²) in [6.07, 6.45) is 3.23. The number of aromatic nitrogens is 5. The summed E-state index contributed by atoms with van der Waals surface area (Å²) in [5.74, 6) is 1.31. The van der Waals surface area contributed by atoms with Crippen LogP contribution in [0.2, 0.25) is 0 Å². The summed E-state index contributed by atoms with van der Waals surface area (Å²) in [5.41, 5.74) is 4.26. The number of imidazole rings is 1. The number of pyridine rings is 2. The Labute approximate surface area is 385 Å². The number of fused-ring (bicyclic) bond motifs is 4. The number of para-hydroxylation sites is 1. The van der Waals surface area contributed by atoms with Crippen molar-refractivity contribution in [3.63, 3.8) is 0 Å². The fraction of sp³-hybridized carbons (Fsp3) is 0.352. The number of benzene rings is 4. The normalized spacial score (nSPS) is 14.8. The van der Waals surface area contributed by atoms with Crippen LogP contribution in [0.25, 0.3) is 50.0 Å². The van der Waals surface area contributed by atoms with E-state index in [0.717, 1.165) is 32.9 Å². The molecule has 4 aromatic heterocycles. The first kappa shape index (κ1) is 36.6. The van der Waals surface area contributed by atoms with Crippen LogP contribution >= 0.6 is 0 Å². The SMILES string of the molecule is [2H]C([2H])(c1cc(-[n+]2[c-]n(-c3[c-]c(Oc4[c-]c5c(cc4)c4ccccc4n5-c4cc(C([2H])([2H])C(C)(C)C)ccn4)cnc3)c3ccc(C(C)(C)C)cc32)cc(C([2H])([2H])C(C)(C)C)c1)C(C)(C)C.[Pt]. The molecule has 0 aliphatic carbocycles. The predicted octanol–water partition coefficient (Wildman–Crippen LogP) is 13.0. The van der Waals surface area contributed by atoms with Crippen molar-refractivity contribution < 1.29 is 38.6 Å². The second kappa shape index (κ2) is 16.3. The van der Waals surface area contributed by atoms with Gasteiger partial charge in [0.2, 0.25) is 0 Å². The van der Waals surface area contributed by atoms with Crippen LogP contribution in [0.4, 0.5) is 0 Å². The van der Waals surface area contributed by atoms with Gasteiger partial charge in [0.15, 0.2) is 0 Å². The Bertz CT molecular complexity index is 3120. The third-order valence-corrected chi connectivity index (χ3v) is 9.89. The minimum absolute atomic E-state index is 0. The van der Waals surface area contributed by atoms with Crippen molar-refractivity contribution in [2.24, 2.45) is 16.2 Å². The Morgan fingerprint density at radius 2 is 1.33 bits per heavy atom. The van der Waals surface area contributed by atoms with Gasteiger partial charge in [0, 0.05) is 52.5 Å². The topological polar surface area (TPSA) is 48.8 Å². The van der Waals surface area contributed by atoms with Gasteiger partial charge in [-0.05, 0) is 106 Å². The van der Waals surface area contributed by atoms with Gasteiger partial charge in [-0.2, -0.15) is 6.07 Å². The standard InChI is InChI=1S/C54H59N5O.Pt/c1-51(2,3)30-36-21-22-56-50(26-36)59-46-16-14-13-15-44(46)45-19-18-42(29-48(45)59)60-43-28-41(33-55-34-43)58-35-57(49-27-39(54(10,11)12)17-20-47(49)58)40-24-37(31-52(4,5)6)23-38(25-40)32-53(7,8)9;/h13-27,33-34H,30-32H2,1-12H3;/q-2;/i30D2,31D2,32D2;. The van der Waals surface area contributed by atoms with Crippen molar-refractivity contribution in [3.05, 3.63) is 144 Å². The Kier molecular flexibility index (Phi) is 9.79. The van der Waals surface area contributed by atoms with E-state index in [1.54, 1.807) is 30.7 Å². The molecule has 0 atom stereocenters. The van der Waals surface area contributed by atoms with Crippen LogP contribution in [0, 0.1) is 34.7 Å². The molecule has 0 unspecified atom stereocenters. The minimum Gasteiger partial charge on any atom is -0.508 e. The molecule has 8 aromatic rings. The maximum absolute atomic E-state index is 9.32. The van der Waals surface area contributed by atoms with Gasteiger partial charge >= 0.3 is 0 Å². The number of hydrogen-bond acceptors (Lipinski definition) is 3. The largest absolute Gasteiger partial charge is 0.508 e. The van der Waals surface area contributed by atoms with Crippen molar-refractivity contribution in [3.8, 4) is 28.7 Å². The Morgan fingerprint density at radius 1 is 0.656 bits per heavy atom. The van der Waals surface area contributed by atoms with E-state index < -0.39 is 35.4 Å². The van der Waals surface area contributed by atoms with Crippen LogP contribution in [-0.2, 0) is 45.6 Å². The number of nitrogens with zero attached hydrogens (tertiary/aromatic N) is 5. The van der Waals surface area contributed by atoms with E-state index >= 15 is 0 Å². The first-order chi connectivity index (χ1) is 30.5. The molecule has 8 rings (SSSR count). The first-order valence-electron chi connectivity index (χ1n) is 23.7. The zero-order valence-corrected chi connectivity index (χ0v) is 39.5. The summed E-state index contributed by atoms with van der Waals surface area (Å²) in [4.78, 5) is 9.33. The summed E-state index contributed by atoms with van der Waals surface area (Å²) in [5, 5.41) is 1.93. The monoisotopic (exact) mass is 994 g/mol. The second-order valence-corrected chi connectivity index (χ2v) is 19.8. The van der Waals surface area contributed by atoms with E-state index in [4.69, 9.17) is 12.5 Å². The third kappa shape index (κ3) is 9.86. The van der Waals surface area contributed by atoms with Crippen molar-refractivity contribution in [1.82, 2.24) is 19.1 Å². The quantitative estimate of drug-likeness (QED) is 0.113. The first-order valence-corrected chi connectivity index (χ1v) is 20.7. The van der Waals surface area contributed by atoms with E-state index in [-0.39, 0.29) is 26.5 Å². The van der Waals surface area contributed by atoms with E-state index in [9.17, 15) is 5.48 Å². The van der Waals surface area contributed by atoms with Crippen LogP contribution in [0.5, 0.6) is 11.5 Å². The van der Waals surface area contributed by atoms with Crippen LogP contribution < -0.4 is 9.30 Å². The second-order valence-electron chi connectivity index (χ2n) is 19.8. The van der Waals surface area contributed by atoms with Crippen molar-refractivity contribution >= 4 is 32.8 Å². The summed E-state index contributed by atoms with van der Waals surface area (Å²) >= 11 is 0. The van der Waals surface area contributed by atoms with Gasteiger partial charge in [-0.25, -0.2) is 4.98 Å². The molecule has 0 bridgehead atoms. The molecule has 0 aliphatic rings. The van der Waals surface area contributed by atoms with Gasteiger partial charge in [-0.15, -0.1) is 23.6 Å². The molecule has 0 amide bonds. The molecule has 318 valence electrons. The predicted molar refractivity (Wildman–Crippen MR) is 246 cm³/mol. The fourth-order valence-electron chi connectivity index (χ4n) is 7.57. The third-order valence-electron chi connectivity index (χ3n) is 9.89. The summed E-state index contributed by atoms with van der Waals surface area (Å²) in [7, 11) is 0. The van der Waals surface area contributed by atoms with Crippen molar-refractivity contribution in [2.75, 3.05) is 0 Å². The Hall–Kier alpha value is -5.06. The summed E-state index contributed by atoms with van der Waals surface area (Å²) < 4.78 is 67.5. The van der Waals surface area contributed by atoms with Crippen LogP contribution in [-0.4, -0.2) is 19.1 Å². The van der Waals surface area contributed by atoms with E-state index in [0.29, 0.717) is 50.9 Å². The zero-order chi connectivity index (χ0) is 48.2. The molecule has 7 heteroatoms. The zero-order valence-electron chi connectivity index (χ0n) is 43.3. The van der Waals surface area contributed by atoms with Crippen molar-refractivity contribution in [1.29, 1.82) is 0 Å². The summed E-state index contributed by atoms with van der Waals surface area (Å²) in [6.45, 7) is 23.3. The maximum atomic E-state index is 9.32. The van der Waals surface area contributed by atoms with Gasteiger partial charge in [0.1, 0.15) is 5.82 Å². The molecule has 0 saturated carbocycles. The van der Waals surface area contributed by atoms with Gasteiger partial charge in [-0.3, -0.25) is 4.57 Å². The van der Waals surface area contributed by atoms with Gasteiger partial charge in [0.05, 0.1) is 16.7 Å². The van der Waals surface area contributed by atoms with Crippen LogP contribution in [0.3, 0.4) is 0 Å². The number of rotatable bonds is 8. The fourth-order valence-corrected chi connectivity index (χ4v) is 7.57. The maximum Gasteiger partial charge on any atom is 0.268 e. The molecule has 6 nitrogen and oxygen atoms in total. The molecule has 61 heavy (non-hydrogen) atoms. The Balaban J connectivity index is 0.00000666. The molecule has 0 saturated heterocycles. The molecule has 0 fully saturated rings. The van der Waals surface area contributed by atoms with E-state index in [2.05, 4.69) is 62.4 Å². The van der Waals surface area contributed by atoms with Crippen molar-refractivity contribution in [2.45, 2.75) is 108 Å². The number of ether oxygens (including phenoxy) is 1. The van der Waals surface area contributed by atoms with Crippen LogP contribution in [0.1, 0.15) is 114 Å². The average Bonchev–Trinajstić information content (AvgIpc) is 3.78. The molecule has 4 heterocycles. The summed E-state index contributed by atoms with van der Waals surface area (Å²) in [6, 6.07) is 33.9. The van der Waals surface area contributed by atoms with Gasteiger partial charge in [-0.1, -0.05) is 142 Å². The molecular weight excluding hydrogens is 930 g/mol. The van der Waals surface area contributed by atoms with Gasteiger partial charge < -0.3 is 18.9 Å². The van der Waals surface area contributed by atoms with Gasteiger partial charge in [0.25, 0.3) is 6.33 Å². The molecule has 0 N–H and O–H groups in total. The molecule has 0 aliphatic heterocycles. The Morgan fingerprint density at radius 3 is 2.00 bits per heavy atom. The van der Waals surface area contributed by atoms with E-state index in [1.807, 2.05) is 131 Å². The van der Waals surface area contributed by atoms with E-state index in [1.165, 1.54) is 0 Å². The molecule has 4 aromatic carbocycles. The molecule has 0 spiro atoms.